The Kier molecular flexibility index (Phi) is 4.02. The number of alkyl halides is 2. The molecule has 0 spiro atoms. The van der Waals surface area contributed by atoms with Crippen molar-refractivity contribution in [1.29, 1.82) is 0 Å². The lowest BCUT2D eigenvalue weighted by Crippen LogP contribution is -2.44. The van der Waals surface area contributed by atoms with Crippen molar-refractivity contribution in [3.63, 3.8) is 0 Å². The van der Waals surface area contributed by atoms with Crippen LogP contribution in [0.1, 0.15) is 38.5 Å². The van der Waals surface area contributed by atoms with Gasteiger partial charge in [-0.3, -0.25) is 0 Å². The molecular formula is C13H20F2O2. The summed E-state index contributed by atoms with van der Waals surface area (Å²) in [6.07, 6.45) is 0.918. The highest BCUT2D eigenvalue weighted by molar-refractivity contribution is 5.03. The van der Waals surface area contributed by atoms with E-state index >= 15 is 0 Å². The maximum Gasteiger partial charge on any atom is 0.157 e. The van der Waals surface area contributed by atoms with Gasteiger partial charge < -0.3 is 10.2 Å². The SMILES string of the molecule is OC=C1CCC(C2CCC(O)C(F)C2F)CC1. The highest BCUT2D eigenvalue weighted by Crippen LogP contribution is 2.41. The molecule has 98 valence electrons. The van der Waals surface area contributed by atoms with E-state index in [0.717, 1.165) is 37.5 Å². The number of halogens is 2. The van der Waals surface area contributed by atoms with Crippen molar-refractivity contribution in [2.45, 2.75) is 57.0 Å². The maximum atomic E-state index is 13.9. The minimum Gasteiger partial charge on any atom is -0.516 e. The van der Waals surface area contributed by atoms with Gasteiger partial charge in [0, 0.05) is 0 Å². The highest BCUT2D eigenvalue weighted by atomic mass is 19.2. The smallest absolute Gasteiger partial charge is 0.157 e. The molecule has 2 rings (SSSR count). The third-order valence-electron chi connectivity index (χ3n) is 4.34. The zero-order valence-corrected chi connectivity index (χ0v) is 9.86. The Bertz CT molecular complexity index is 283. The van der Waals surface area contributed by atoms with Crippen molar-refractivity contribution < 1.29 is 19.0 Å². The van der Waals surface area contributed by atoms with Gasteiger partial charge in [0.2, 0.25) is 0 Å². The fraction of sp³-hybridized carbons (Fsp3) is 0.846. The average Bonchev–Trinajstić information content (AvgIpc) is 2.36. The zero-order valence-electron chi connectivity index (χ0n) is 9.86. The molecule has 2 N–H and O–H groups in total. The van der Waals surface area contributed by atoms with E-state index in [1.54, 1.807) is 0 Å². The minimum absolute atomic E-state index is 0.194. The number of rotatable bonds is 1. The molecule has 0 saturated heterocycles. The number of hydrogen-bond donors (Lipinski definition) is 2. The first-order chi connectivity index (χ1) is 8.13. The van der Waals surface area contributed by atoms with E-state index < -0.39 is 18.4 Å². The van der Waals surface area contributed by atoms with Crippen LogP contribution >= 0.6 is 0 Å². The lowest BCUT2D eigenvalue weighted by molar-refractivity contribution is -0.0519. The van der Waals surface area contributed by atoms with Gasteiger partial charge in [-0.05, 0) is 55.9 Å². The van der Waals surface area contributed by atoms with Gasteiger partial charge in [-0.1, -0.05) is 0 Å². The van der Waals surface area contributed by atoms with Gasteiger partial charge in [0.1, 0.15) is 6.17 Å². The molecule has 4 atom stereocenters. The number of aliphatic hydroxyl groups excluding tert-OH is 2. The largest absolute Gasteiger partial charge is 0.516 e. The van der Waals surface area contributed by atoms with Gasteiger partial charge in [-0.25, -0.2) is 8.78 Å². The first-order valence-electron chi connectivity index (χ1n) is 6.41. The van der Waals surface area contributed by atoms with Crippen molar-refractivity contribution in [2.24, 2.45) is 11.8 Å². The van der Waals surface area contributed by atoms with Crippen molar-refractivity contribution >= 4 is 0 Å². The highest BCUT2D eigenvalue weighted by Gasteiger charge is 2.43. The molecule has 0 amide bonds. The predicted octanol–water partition coefficient (Wildman–Crippen LogP) is 3.07. The summed E-state index contributed by atoms with van der Waals surface area (Å²) < 4.78 is 27.3. The summed E-state index contributed by atoms with van der Waals surface area (Å²) in [5.74, 6) is -0.0620. The standard InChI is InChI=1S/C13H20F2O2/c14-12-10(5-6-11(17)13(12)15)9-3-1-8(7-16)2-4-9/h7,9-13,16-17H,1-6H2. The molecule has 0 aromatic carbocycles. The van der Waals surface area contributed by atoms with Gasteiger partial charge >= 0.3 is 0 Å². The third-order valence-corrected chi connectivity index (χ3v) is 4.34. The van der Waals surface area contributed by atoms with E-state index in [1.165, 1.54) is 0 Å². The van der Waals surface area contributed by atoms with E-state index in [-0.39, 0.29) is 11.8 Å². The molecule has 4 heteroatoms. The van der Waals surface area contributed by atoms with Crippen molar-refractivity contribution in [3.8, 4) is 0 Å². The summed E-state index contributed by atoms with van der Waals surface area (Å²) in [6, 6.07) is 0. The second-order valence-electron chi connectivity index (χ2n) is 5.32. The number of aliphatic hydroxyl groups is 2. The first-order valence-corrected chi connectivity index (χ1v) is 6.41. The molecule has 0 aliphatic heterocycles. The van der Waals surface area contributed by atoms with Crippen LogP contribution in [0.5, 0.6) is 0 Å². The molecule has 0 heterocycles. The van der Waals surface area contributed by atoms with Crippen LogP contribution in [0.3, 0.4) is 0 Å². The van der Waals surface area contributed by atoms with Crippen molar-refractivity contribution in [2.75, 3.05) is 0 Å². The van der Waals surface area contributed by atoms with Gasteiger partial charge in [-0.2, -0.15) is 0 Å². The van der Waals surface area contributed by atoms with Crippen LogP contribution in [0.25, 0.3) is 0 Å². The Morgan fingerprint density at radius 3 is 2.24 bits per heavy atom. The fourth-order valence-electron chi connectivity index (χ4n) is 3.19. The summed E-state index contributed by atoms with van der Waals surface area (Å²) in [5.41, 5.74) is 1.00. The van der Waals surface area contributed by atoms with Gasteiger partial charge in [0.25, 0.3) is 0 Å². The lowest BCUT2D eigenvalue weighted by atomic mass is 9.70. The molecule has 2 aliphatic rings. The van der Waals surface area contributed by atoms with Crippen LogP contribution in [-0.4, -0.2) is 28.7 Å². The molecule has 4 unspecified atom stereocenters. The summed E-state index contributed by atoms with van der Waals surface area (Å²) in [7, 11) is 0. The second-order valence-corrected chi connectivity index (χ2v) is 5.32. The predicted molar refractivity (Wildman–Crippen MR) is 61.2 cm³/mol. The Morgan fingerprint density at radius 2 is 1.65 bits per heavy atom. The monoisotopic (exact) mass is 246 g/mol. The van der Waals surface area contributed by atoms with Crippen LogP contribution in [0.2, 0.25) is 0 Å². The summed E-state index contributed by atoms with van der Waals surface area (Å²) in [5, 5.41) is 18.2. The Balaban J connectivity index is 1.94. The molecule has 0 bridgehead atoms. The average molecular weight is 246 g/mol. The number of allylic oxidation sites excluding steroid dienone is 1. The van der Waals surface area contributed by atoms with Crippen molar-refractivity contribution in [1.82, 2.24) is 0 Å². The van der Waals surface area contributed by atoms with E-state index in [4.69, 9.17) is 5.11 Å². The molecule has 0 aromatic heterocycles. The molecule has 2 nitrogen and oxygen atoms in total. The molecule has 17 heavy (non-hydrogen) atoms. The van der Waals surface area contributed by atoms with Crippen LogP contribution < -0.4 is 0 Å². The Morgan fingerprint density at radius 1 is 1.00 bits per heavy atom. The zero-order chi connectivity index (χ0) is 12.4. The van der Waals surface area contributed by atoms with Crippen LogP contribution in [0.15, 0.2) is 11.8 Å². The van der Waals surface area contributed by atoms with E-state index in [9.17, 15) is 13.9 Å². The molecular weight excluding hydrogens is 226 g/mol. The second kappa shape index (κ2) is 5.34. The van der Waals surface area contributed by atoms with E-state index in [2.05, 4.69) is 0 Å². The summed E-state index contributed by atoms with van der Waals surface area (Å²) in [6.45, 7) is 0. The Hall–Kier alpha value is -0.640. The minimum atomic E-state index is -1.72. The number of hydrogen-bond acceptors (Lipinski definition) is 2. The fourth-order valence-corrected chi connectivity index (χ4v) is 3.19. The summed E-state index contributed by atoms with van der Waals surface area (Å²) >= 11 is 0. The van der Waals surface area contributed by atoms with E-state index in [0.29, 0.717) is 12.8 Å². The quantitative estimate of drug-likeness (QED) is 0.698. The van der Waals surface area contributed by atoms with Crippen LogP contribution in [0, 0.1) is 11.8 Å². The van der Waals surface area contributed by atoms with Gasteiger partial charge in [0.05, 0.1) is 12.4 Å². The molecule has 0 radical (unpaired) electrons. The first kappa shape index (κ1) is 12.8. The topological polar surface area (TPSA) is 40.5 Å². The van der Waals surface area contributed by atoms with E-state index in [1.807, 2.05) is 0 Å². The normalized spacial score (nSPS) is 43.5. The lowest BCUT2D eigenvalue weighted by Gasteiger charge is -2.38. The van der Waals surface area contributed by atoms with Gasteiger partial charge in [-0.15, -0.1) is 0 Å². The molecule has 0 aromatic rings. The Labute approximate surface area is 100 Å². The van der Waals surface area contributed by atoms with Crippen LogP contribution in [0.4, 0.5) is 8.78 Å². The summed E-state index contributed by atoms with van der Waals surface area (Å²) in [4.78, 5) is 0. The maximum absolute atomic E-state index is 13.9. The van der Waals surface area contributed by atoms with Crippen LogP contribution in [-0.2, 0) is 0 Å². The van der Waals surface area contributed by atoms with Crippen molar-refractivity contribution in [3.05, 3.63) is 11.8 Å². The molecule has 2 saturated carbocycles. The molecule has 2 fully saturated rings. The van der Waals surface area contributed by atoms with Gasteiger partial charge in [0.15, 0.2) is 6.17 Å². The molecule has 2 aliphatic carbocycles. The third kappa shape index (κ3) is 2.62.